The van der Waals surface area contributed by atoms with Crippen LogP contribution in [0.3, 0.4) is 0 Å². The molecule has 0 saturated heterocycles. The van der Waals surface area contributed by atoms with Crippen molar-refractivity contribution in [3.05, 3.63) is 65.2 Å². The number of nitrogens with zero attached hydrogens (tertiary/aromatic N) is 1. The Kier molecular flexibility index (Phi) is 5.49. The van der Waals surface area contributed by atoms with Gasteiger partial charge < -0.3 is 9.64 Å². The third-order valence-corrected chi connectivity index (χ3v) is 3.47. The molecule has 0 N–H and O–H groups in total. The Morgan fingerprint density at radius 3 is 2.50 bits per heavy atom. The summed E-state index contributed by atoms with van der Waals surface area (Å²) in [5, 5.41) is 0. The minimum absolute atomic E-state index is 0.00267. The Bertz CT molecular complexity index is 713. The van der Waals surface area contributed by atoms with Crippen LogP contribution in [-0.4, -0.2) is 31.0 Å². The number of alkyl halides is 3. The van der Waals surface area contributed by atoms with Crippen LogP contribution in [0, 0.1) is 6.92 Å². The van der Waals surface area contributed by atoms with Crippen molar-refractivity contribution in [1.29, 1.82) is 0 Å². The monoisotopic (exact) mass is 337 g/mol. The lowest BCUT2D eigenvalue weighted by atomic mass is 10.1. The second kappa shape index (κ2) is 7.38. The summed E-state index contributed by atoms with van der Waals surface area (Å²) < 4.78 is 43.7. The van der Waals surface area contributed by atoms with E-state index in [-0.39, 0.29) is 18.7 Å². The first-order valence-corrected chi connectivity index (χ1v) is 7.39. The maximum atomic E-state index is 12.7. The number of carbonyl (C=O) groups is 1. The highest BCUT2D eigenvalue weighted by molar-refractivity contribution is 5.94. The molecule has 0 saturated carbocycles. The Labute approximate surface area is 138 Å². The molecule has 0 aliphatic carbocycles. The summed E-state index contributed by atoms with van der Waals surface area (Å²) in [6, 6.07) is 11.9. The topological polar surface area (TPSA) is 29.5 Å². The lowest BCUT2D eigenvalue weighted by Crippen LogP contribution is -2.31. The first-order valence-electron chi connectivity index (χ1n) is 7.39. The predicted molar refractivity (Wildman–Crippen MR) is 85.1 cm³/mol. The van der Waals surface area contributed by atoms with Crippen molar-refractivity contribution in [2.75, 3.05) is 20.2 Å². The van der Waals surface area contributed by atoms with E-state index in [4.69, 9.17) is 4.74 Å². The zero-order valence-electron chi connectivity index (χ0n) is 13.4. The van der Waals surface area contributed by atoms with Gasteiger partial charge in [0.25, 0.3) is 5.91 Å². The molecular weight excluding hydrogens is 319 g/mol. The maximum Gasteiger partial charge on any atom is 0.416 e. The molecule has 2 aromatic carbocycles. The van der Waals surface area contributed by atoms with Gasteiger partial charge in [0.15, 0.2) is 0 Å². The molecule has 6 heteroatoms. The molecule has 128 valence electrons. The summed E-state index contributed by atoms with van der Waals surface area (Å²) in [5.74, 6) is 0.212. The summed E-state index contributed by atoms with van der Waals surface area (Å²) in [6.07, 6.45) is -4.47. The molecule has 0 aliphatic rings. The largest absolute Gasteiger partial charge is 0.492 e. The summed E-state index contributed by atoms with van der Waals surface area (Å²) in [4.78, 5) is 13.6. The van der Waals surface area contributed by atoms with Crippen molar-refractivity contribution in [3.8, 4) is 5.75 Å². The molecule has 0 unspecified atom stereocenters. The molecule has 2 rings (SSSR count). The Morgan fingerprint density at radius 1 is 1.12 bits per heavy atom. The number of hydrogen-bond acceptors (Lipinski definition) is 2. The SMILES string of the molecule is Cc1cccc(OCCN(C)C(=O)c2cccc(C(F)(F)F)c2)c1. The van der Waals surface area contributed by atoms with Crippen molar-refractivity contribution >= 4 is 5.91 Å². The van der Waals surface area contributed by atoms with Gasteiger partial charge in [0.2, 0.25) is 0 Å². The molecular formula is C18H18F3NO2. The predicted octanol–water partition coefficient (Wildman–Crippen LogP) is 4.16. The Morgan fingerprint density at radius 2 is 1.83 bits per heavy atom. The molecule has 3 nitrogen and oxygen atoms in total. The smallest absolute Gasteiger partial charge is 0.416 e. The van der Waals surface area contributed by atoms with E-state index < -0.39 is 17.6 Å². The standard InChI is InChI=1S/C18H18F3NO2/c1-13-5-3-8-16(11-13)24-10-9-22(2)17(23)14-6-4-7-15(12-14)18(19,20)21/h3-8,11-12H,9-10H2,1-2H3. The van der Waals surface area contributed by atoms with Crippen LogP contribution in [0.15, 0.2) is 48.5 Å². The van der Waals surface area contributed by atoms with E-state index in [1.165, 1.54) is 24.1 Å². The lowest BCUT2D eigenvalue weighted by Gasteiger charge is -2.18. The van der Waals surface area contributed by atoms with E-state index in [9.17, 15) is 18.0 Å². The van der Waals surface area contributed by atoms with Gasteiger partial charge in [-0.3, -0.25) is 4.79 Å². The lowest BCUT2D eigenvalue weighted by molar-refractivity contribution is -0.137. The van der Waals surface area contributed by atoms with Gasteiger partial charge in [0.1, 0.15) is 12.4 Å². The number of benzene rings is 2. The third-order valence-electron chi connectivity index (χ3n) is 3.47. The number of carbonyl (C=O) groups excluding carboxylic acids is 1. The minimum Gasteiger partial charge on any atom is -0.492 e. The quantitative estimate of drug-likeness (QED) is 0.820. The van der Waals surface area contributed by atoms with E-state index in [0.29, 0.717) is 5.75 Å². The Balaban J connectivity index is 1.95. The van der Waals surface area contributed by atoms with Gasteiger partial charge in [0.05, 0.1) is 12.1 Å². The molecule has 1 amide bonds. The van der Waals surface area contributed by atoms with Crippen LogP contribution in [0.4, 0.5) is 13.2 Å². The van der Waals surface area contributed by atoms with Gasteiger partial charge in [-0.25, -0.2) is 0 Å². The van der Waals surface area contributed by atoms with Crippen molar-refractivity contribution in [1.82, 2.24) is 4.90 Å². The number of halogens is 3. The molecule has 0 heterocycles. The molecule has 0 radical (unpaired) electrons. The van der Waals surface area contributed by atoms with E-state index in [0.717, 1.165) is 17.7 Å². The minimum atomic E-state index is -4.47. The van der Waals surface area contributed by atoms with Gasteiger partial charge in [-0.05, 0) is 42.8 Å². The normalized spacial score (nSPS) is 11.2. The van der Waals surface area contributed by atoms with Crippen molar-refractivity contribution < 1.29 is 22.7 Å². The van der Waals surface area contributed by atoms with Gasteiger partial charge in [0, 0.05) is 12.6 Å². The molecule has 0 bridgehead atoms. The van der Waals surface area contributed by atoms with Crippen molar-refractivity contribution in [3.63, 3.8) is 0 Å². The Hall–Kier alpha value is -2.50. The van der Waals surface area contributed by atoms with Crippen molar-refractivity contribution in [2.45, 2.75) is 13.1 Å². The molecule has 0 spiro atoms. The summed E-state index contributed by atoms with van der Waals surface area (Å²) in [5.41, 5.74) is 0.224. The van der Waals surface area contributed by atoms with Crippen LogP contribution in [0.2, 0.25) is 0 Å². The number of amides is 1. The molecule has 0 aromatic heterocycles. The van der Waals surface area contributed by atoms with Crippen LogP contribution in [-0.2, 0) is 6.18 Å². The summed E-state index contributed by atoms with van der Waals surface area (Å²) in [6.45, 7) is 2.46. The molecule has 0 aliphatic heterocycles. The number of likely N-dealkylation sites (N-methyl/N-ethyl adjacent to an activating group) is 1. The molecule has 0 atom stereocenters. The zero-order chi connectivity index (χ0) is 17.7. The molecule has 2 aromatic rings. The highest BCUT2D eigenvalue weighted by Crippen LogP contribution is 2.29. The van der Waals surface area contributed by atoms with E-state index in [2.05, 4.69) is 0 Å². The fourth-order valence-corrected chi connectivity index (χ4v) is 2.16. The number of rotatable bonds is 5. The average Bonchev–Trinajstić information content (AvgIpc) is 2.53. The van der Waals surface area contributed by atoms with E-state index in [1.807, 2.05) is 31.2 Å². The number of hydrogen-bond donors (Lipinski definition) is 0. The second-order valence-electron chi connectivity index (χ2n) is 5.47. The average molecular weight is 337 g/mol. The van der Waals surface area contributed by atoms with Gasteiger partial charge in [-0.1, -0.05) is 18.2 Å². The fraction of sp³-hybridized carbons (Fsp3) is 0.278. The summed E-state index contributed by atoms with van der Waals surface area (Å²) in [7, 11) is 1.53. The first-order chi connectivity index (χ1) is 11.3. The zero-order valence-corrected chi connectivity index (χ0v) is 13.4. The second-order valence-corrected chi connectivity index (χ2v) is 5.47. The maximum absolute atomic E-state index is 12.7. The third kappa shape index (κ3) is 4.75. The highest BCUT2D eigenvalue weighted by atomic mass is 19.4. The number of aryl methyl sites for hydroxylation is 1. The van der Waals surface area contributed by atoms with Gasteiger partial charge in [-0.2, -0.15) is 13.2 Å². The van der Waals surface area contributed by atoms with Crippen LogP contribution in [0.25, 0.3) is 0 Å². The van der Waals surface area contributed by atoms with Crippen LogP contribution < -0.4 is 4.74 Å². The van der Waals surface area contributed by atoms with E-state index in [1.54, 1.807) is 0 Å². The first kappa shape index (κ1) is 17.8. The van der Waals surface area contributed by atoms with Crippen LogP contribution in [0.1, 0.15) is 21.5 Å². The van der Waals surface area contributed by atoms with E-state index >= 15 is 0 Å². The van der Waals surface area contributed by atoms with Gasteiger partial charge in [-0.15, -0.1) is 0 Å². The fourth-order valence-electron chi connectivity index (χ4n) is 2.16. The van der Waals surface area contributed by atoms with Crippen LogP contribution >= 0.6 is 0 Å². The molecule has 24 heavy (non-hydrogen) atoms. The molecule has 0 fully saturated rings. The van der Waals surface area contributed by atoms with Crippen LogP contribution in [0.5, 0.6) is 5.75 Å². The van der Waals surface area contributed by atoms with Crippen molar-refractivity contribution in [2.24, 2.45) is 0 Å². The highest BCUT2D eigenvalue weighted by Gasteiger charge is 2.31. The number of ether oxygens (including phenoxy) is 1. The van der Waals surface area contributed by atoms with Gasteiger partial charge >= 0.3 is 6.18 Å². The summed E-state index contributed by atoms with van der Waals surface area (Å²) >= 11 is 0.